The van der Waals surface area contributed by atoms with Crippen LogP contribution in [0.5, 0.6) is 0 Å². The SMILES string of the molecule is C=C(C)C(C)=CCCBr. The minimum atomic E-state index is 1.04. The Bertz CT molecular complexity index is 123. The summed E-state index contributed by atoms with van der Waals surface area (Å²) in [5.74, 6) is 0. The second-order valence-corrected chi connectivity index (χ2v) is 2.94. The van der Waals surface area contributed by atoms with E-state index < -0.39 is 0 Å². The predicted molar refractivity (Wildman–Crippen MR) is 47.0 cm³/mol. The second-order valence-electron chi connectivity index (χ2n) is 2.15. The van der Waals surface area contributed by atoms with Crippen LogP contribution < -0.4 is 0 Å². The molecule has 0 N–H and O–H groups in total. The molecule has 0 radical (unpaired) electrons. The molecule has 0 heterocycles. The Labute approximate surface area is 65.8 Å². The van der Waals surface area contributed by atoms with Gasteiger partial charge in [-0.1, -0.05) is 39.7 Å². The van der Waals surface area contributed by atoms with E-state index in [1.807, 2.05) is 6.92 Å². The van der Waals surface area contributed by atoms with Crippen molar-refractivity contribution in [3.05, 3.63) is 23.8 Å². The highest BCUT2D eigenvalue weighted by Gasteiger charge is 1.85. The first-order chi connectivity index (χ1) is 4.18. The number of alkyl halides is 1. The van der Waals surface area contributed by atoms with Gasteiger partial charge in [-0.3, -0.25) is 0 Å². The van der Waals surface area contributed by atoms with Crippen LogP contribution in [0.3, 0.4) is 0 Å². The molecule has 0 atom stereocenters. The van der Waals surface area contributed by atoms with E-state index >= 15 is 0 Å². The van der Waals surface area contributed by atoms with Crippen LogP contribution in [0.25, 0.3) is 0 Å². The average Bonchev–Trinajstić information content (AvgIpc) is 1.82. The third kappa shape index (κ3) is 4.46. The summed E-state index contributed by atoms with van der Waals surface area (Å²) in [5.41, 5.74) is 2.46. The first-order valence-electron chi connectivity index (χ1n) is 3.07. The minimum absolute atomic E-state index is 1.04. The van der Waals surface area contributed by atoms with E-state index in [2.05, 4.69) is 35.5 Å². The van der Waals surface area contributed by atoms with Crippen LogP contribution in [0.15, 0.2) is 23.8 Å². The van der Waals surface area contributed by atoms with Crippen LogP contribution >= 0.6 is 15.9 Å². The molecule has 1 heteroatoms. The second kappa shape index (κ2) is 4.80. The average molecular weight is 189 g/mol. The molecule has 0 aliphatic carbocycles. The Balaban J connectivity index is 3.69. The molecule has 0 fully saturated rings. The van der Waals surface area contributed by atoms with E-state index in [4.69, 9.17) is 0 Å². The van der Waals surface area contributed by atoms with E-state index in [9.17, 15) is 0 Å². The predicted octanol–water partition coefficient (Wildman–Crippen LogP) is 3.29. The van der Waals surface area contributed by atoms with Crippen LogP contribution in [0, 0.1) is 0 Å². The minimum Gasteiger partial charge on any atom is -0.0959 e. The molecule has 0 nitrogen and oxygen atoms in total. The van der Waals surface area contributed by atoms with Gasteiger partial charge in [-0.2, -0.15) is 0 Å². The van der Waals surface area contributed by atoms with Gasteiger partial charge in [0.2, 0.25) is 0 Å². The fourth-order valence-electron chi connectivity index (χ4n) is 0.445. The summed E-state index contributed by atoms with van der Waals surface area (Å²) in [5, 5.41) is 1.04. The molecule has 0 aliphatic rings. The van der Waals surface area contributed by atoms with Crippen molar-refractivity contribution in [2.24, 2.45) is 0 Å². The number of rotatable bonds is 3. The zero-order valence-corrected chi connectivity index (χ0v) is 7.66. The molecule has 0 spiro atoms. The highest BCUT2D eigenvalue weighted by atomic mass is 79.9. The summed E-state index contributed by atoms with van der Waals surface area (Å²) in [4.78, 5) is 0. The molecular weight excluding hydrogens is 176 g/mol. The number of allylic oxidation sites excluding steroid dienone is 3. The largest absolute Gasteiger partial charge is 0.0959 e. The summed E-state index contributed by atoms with van der Waals surface area (Å²) in [6.07, 6.45) is 3.29. The van der Waals surface area contributed by atoms with Crippen molar-refractivity contribution in [1.29, 1.82) is 0 Å². The van der Waals surface area contributed by atoms with Gasteiger partial charge in [-0.15, -0.1) is 0 Å². The quantitative estimate of drug-likeness (QED) is 0.472. The Morgan fingerprint density at radius 3 is 2.44 bits per heavy atom. The summed E-state index contributed by atoms with van der Waals surface area (Å²) < 4.78 is 0. The first kappa shape index (κ1) is 8.96. The van der Waals surface area contributed by atoms with Gasteiger partial charge in [0.15, 0.2) is 0 Å². The molecule has 0 aromatic carbocycles. The first-order valence-corrected chi connectivity index (χ1v) is 4.19. The van der Waals surface area contributed by atoms with Crippen molar-refractivity contribution >= 4 is 15.9 Å². The van der Waals surface area contributed by atoms with Crippen molar-refractivity contribution in [3.8, 4) is 0 Å². The van der Waals surface area contributed by atoms with Gasteiger partial charge in [0.05, 0.1) is 0 Å². The molecule has 0 aromatic heterocycles. The lowest BCUT2D eigenvalue weighted by Gasteiger charge is -1.95. The normalized spacial score (nSPS) is 11.7. The Kier molecular flexibility index (Phi) is 4.78. The fraction of sp³-hybridized carbons (Fsp3) is 0.500. The topological polar surface area (TPSA) is 0 Å². The summed E-state index contributed by atoms with van der Waals surface area (Å²) in [7, 11) is 0. The van der Waals surface area contributed by atoms with E-state index in [0.29, 0.717) is 0 Å². The molecule has 0 bridgehead atoms. The maximum atomic E-state index is 3.82. The van der Waals surface area contributed by atoms with E-state index in [1.54, 1.807) is 0 Å². The van der Waals surface area contributed by atoms with Gasteiger partial charge >= 0.3 is 0 Å². The molecule has 9 heavy (non-hydrogen) atoms. The highest BCUT2D eigenvalue weighted by Crippen LogP contribution is 2.06. The molecular formula is C8H13Br. The van der Waals surface area contributed by atoms with Crippen LogP contribution in [0.1, 0.15) is 20.3 Å². The monoisotopic (exact) mass is 188 g/mol. The molecule has 0 rings (SSSR count). The van der Waals surface area contributed by atoms with Gasteiger partial charge in [0, 0.05) is 5.33 Å². The van der Waals surface area contributed by atoms with Crippen LogP contribution in [0.2, 0.25) is 0 Å². The van der Waals surface area contributed by atoms with Crippen molar-refractivity contribution in [3.63, 3.8) is 0 Å². The maximum absolute atomic E-state index is 3.82. The van der Waals surface area contributed by atoms with Gasteiger partial charge in [0.25, 0.3) is 0 Å². The van der Waals surface area contributed by atoms with Gasteiger partial charge in [0.1, 0.15) is 0 Å². The maximum Gasteiger partial charge on any atom is 0.00661 e. The van der Waals surface area contributed by atoms with Crippen LogP contribution in [-0.2, 0) is 0 Å². The van der Waals surface area contributed by atoms with Crippen molar-refractivity contribution in [2.75, 3.05) is 5.33 Å². The Morgan fingerprint density at radius 1 is 1.56 bits per heavy atom. The smallest absolute Gasteiger partial charge is 0.00661 e. The Hall–Kier alpha value is -0.0400. The summed E-state index contributed by atoms with van der Waals surface area (Å²) in [6.45, 7) is 7.94. The molecule has 0 aromatic rings. The zero-order chi connectivity index (χ0) is 7.28. The highest BCUT2D eigenvalue weighted by molar-refractivity contribution is 9.09. The number of halogens is 1. The lowest BCUT2D eigenvalue weighted by molar-refractivity contribution is 1.20. The lowest BCUT2D eigenvalue weighted by Crippen LogP contribution is -1.76. The van der Waals surface area contributed by atoms with Gasteiger partial charge < -0.3 is 0 Å². The lowest BCUT2D eigenvalue weighted by atomic mass is 10.1. The van der Waals surface area contributed by atoms with E-state index in [0.717, 1.165) is 17.3 Å². The van der Waals surface area contributed by atoms with E-state index in [1.165, 1.54) is 5.57 Å². The van der Waals surface area contributed by atoms with Crippen molar-refractivity contribution in [2.45, 2.75) is 20.3 Å². The van der Waals surface area contributed by atoms with Gasteiger partial charge in [-0.05, 0) is 20.3 Å². The molecule has 0 aliphatic heterocycles. The molecule has 0 amide bonds. The number of hydrogen-bond donors (Lipinski definition) is 0. The van der Waals surface area contributed by atoms with Crippen LogP contribution in [0.4, 0.5) is 0 Å². The van der Waals surface area contributed by atoms with Crippen molar-refractivity contribution < 1.29 is 0 Å². The van der Waals surface area contributed by atoms with E-state index in [-0.39, 0.29) is 0 Å². The third-order valence-corrected chi connectivity index (χ3v) is 1.69. The Morgan fingerprint density at radius 2 is 2.11 bits per heavy atom. The zero-order valence-electron chi connectivity index (χ0n) is 6.08. The molecule has 0 unspecified atom stereocenters. The molecule has 0 saturated carbocycles. The number of hydrogen-bond acceptors (Lipinski definition) is 0. The molecule has 0 saturated heterocycles. The standard InChI is InChI=1S/C8H13Br/c1-7(2)8(3)5-4-6-9/h5H,1,4,6H2,2-3H3. The van der Waals surface area contributed by atoms with Crippen molar-refractivity contribution in [1.82, 2.24) is 0 Å². The van der Waals surface area contributed by atoms with Gasteiger partial charge in [-0.25, -0.2) is 0 Å². The third-order valence-electron chi connectivity index (χ3n) is 1.23. The van der Waals surface area contributed by atoms with Crippen LogP contribution in [-0.4, -0.2) is 5.33 Å². The summed E-state index contributed by atoms with van der Waals surface area (Å²) in [6, 6.07) is 0. The summed E-state index contributed by atoms with van der Waals surface area (Å²) >= 11 is 3.35. The molecule has 52 valence electrons. The fourth-order valence-corrected chi connectivity index (χ4v) is 0.674.